The zero-order valence-corrected chi connectivity index (χ0v) is 6.57. The van der Waals surface area contributed by atoms with E-state index in [1.165, 1.54) is 4.15 Å². The van der Waals surface area contributed by atoms with Crippen molar-refractivity contribution in [2.75, 3.05) is 21.1 Å². The van der Waals surface area contributed by atoms with Crippen molar-refractivity contribution in [3.8, 4) is 0 Å². The monoisotopic (exact) mass is 104 g/mol. The molecule has 0 atom stereocenters. The first-order valence-corrected chi connectivity index (χ1v) is 4.41. The first-order chi connectivity index (χ1) is 2.56. The summed E-state index contributed by atoms with van der Waals surface area (Å²) < 4.78 is 1.21. The quantitative estimate of drug-likeness (QED) is 0.405. The van der Waals surface area contributed by atoms with Gasteiger partial charge in [-0.2, -0.15) is 0 Å². The second kappa shape index (κ2) is 1.75. The normalized spacial score (nSPS) is 14.0. The smallest absolute Gasteiger partial charge is 0.251 e. The molecule has 0 aliphatic heterocycles. The van der Waals surface area contributed by atoms with E-state index in [-0.39, 0.29) is 9.68 Å². The Morgan fingerprint density at radius 3 is 1.33 bits per heavy atom. The van der Waals surface area contributed by atoms with Crippen molar-refractivity contribution in [1.82, 2.24) is 0 Å². The van der Waals surface area contributed by atoms with Gasteiger partial charge >= 0.3 is 0 Å². The molecule has 1 nitrogen and oxygen atoms in total. The van der Waals surface area contributed by atoms with E-state index in [2.05, 4.69) is 27.7 Å². The van der Waals surface area contributed by atoms with Gasteiger partial charge in [-0.25, -0.2) is 0 Å². The second-order valence-electron chi connectivity index (χ2n) is 2.61. The minimum Gasteiger partial charge on any atom is -0.396 e. The summed E-state index contributed by atoms with van der Waals surface area (Å²) in [6, 6.07) is 0. The third kappa shape index (κ3) is 4.18. The largest absolute Gasteiger partial charge is 0.396 e. The molecule has 0 rings (SSSR count). The Morgan fingerprint density at radius 2 is 1.33 bits per heavy atom. The molecule has 0 aliphatic carbocycles. The van der Waals surface area contributed by atoms with Gasteiger partial charge in [0.2, 0.25) is 0 Å². The maximum Gasteiger partial charge on any atom is 0.251 e. The number of quaternary nitrogens is 1. The Kier molecular flexibility index (Phi) is 1.81. The topological polar surface area (TPSA) is 0 Å². The van der Waals surface area contributed by atoms with E-state index < -0.39 is 0 Å². The first kappa shape index (κ1) is 6.18. The molecule has 0 unspecified atom stereocenters. The SMILES string of the molecule is C[SiH2][N+](C)(C)C. The molecule has 6 heavy (non-hydrogen) atoms. The number of hydrogen-bond acceptors (Lipinski definition) is 0. The van der Waals surface area contributed by atoms with Crippen molar-refractivity contribution in [2.24, 2.45) is 0 Å². The van der Waals surface area contributed by atoms with Crippen LogP contribution in [0.1, 0.15) is 0 Å². The molecule has 0 radical (unpaired) electrons. The van der Waals surface area contributed by atoms with E-state index in [0.717, 1.165) is 0 Å². The minimum absolute atomic E-state index is 0.190. The number of rotatable bonds is 1. The van der Waals surface area contributed by atoms with E-state index in [0.29, 0.717) is 0 Å². The fourth-order valence-corrected chi connectivity index (χ4v) is 0. The molecular weight excluding hydrogens is 90.1 g/mol. The second-order valence-corrected chi connectivity index (χ2v) is 5.14. The van der Waals surface area contributed by atoms with Crippen LogP contribution >= 0.6 is 0 Å². The van der Waals surface area contributed by atoms with E-state index in [9.17, 15) is 0 Å². The predicted molar refractivity (Wildman–Crippen MR) is 32.4 cm³/mol. The molecule has 0 spiro atoms. The fourth-order valence-electron chi connectivity index (χ4n) is 0. The summed E-state index contributed by atoms with van der Waals surface area (Å²) in [7, 11) is 6.92. The van der Waals surface area contributed by atoms with Crippen LogP contribution in [-0.4, -0.2) is 35.0 Å². The molecule has 0 saturated carbocycles. The predicted octanol–water partition coefficient (Wildman–Crippen LogP) is -0.176. The van der Waals surface area contributed by atoms with Crippen molar-refractivity contribution < 1.29 is 4.15 Å². The van der Waals surface area contributed by atoms with Crippen LogP contribution in [0.5, 0.6) is 0 Å². The average Bonchev–Trinajstić information content (AvgIpc) is 1.35. The van der Waals surface area contributed by atoms with Crippen molar-refractivity contribution in [3.63, 3.8) is 0 Å². The molecule has 0 heterocycles. The van der Waals surface area contributed by atoms with Gasteiger partial charge in [0, 0.05) is 0 Å². The maximum atomic E-state index is 2.32. The molecular formula is C4H14NSi+. The fraction of sp³-hybridized carbons (Fsp3) is 1.00. The van der Waals surface area contributed by atoms with Gasteiger partial charge in [-0.15, -0.1) is 0 Å². The molecule has 0 saturated heterocycles. The number of hydrogen-bond donors (Lipinski definition) is 0. The van der Waals surface area contributed by atoms with E-state index >= 15 is 0 Å². The summed E-state index contributed by atoms with van der Waals surface area (Å²) >= 11 is 0. The molecule has 0 aliphatic rings. The number of nitrogens with zero attached hydrogens (tertiary/aromatic N) is 1. The standard InChI is InChI=1S/C4H14NSi/c1-5(2,3)6-4/h6H2,1-4H3/q+1. The highest BCUT2D eigenvalue weighted by Gasteiger charge is 1.98. The third-order valence-electron chi connectivity index (χ3n) is 0.949. The first-order valence-electron chi connectivity index (χ1n) is 2.36. The van der Waals surface area contributed by atoms with Gasteiger partial charge in [-0.3, -0.25) is 0 Å². The van der Waals surface area contributed by atoms with Crippen molar-refractivity contribution >= 4 is 9.68 Å². The molecule has 0 aromatic carbocycles. The molecule has 2 heteroatoms. The van der Waals surface area contributed by atoms with E-state index in [4.69, 9.17) is 0 Å². The summed E-state index contributed by atoms with van der Waals surface area (Å²) in [6.07, 6.45) is 0. The molecule has 0 amide bonds. The Bertz CT molecular complexity index is 37.3. The van der Waals surface area contributed by atoms with Crippen LogP contribution in [0.3, 0.4) is 0 Å². The van der Waals surface area contributed by atoms with Gasteiger partial charge in [0.1, 0.15) is 0 Å². The van der Waals surface area contributed by atoms with Crippen LogP contribution in [0, 0.1) is 0 Å². The molecule has 0 aromatic rings. The zero-order chi connectivity index (χ0) is 5.21. The van der Waals surface area contributed by atoms with Crippen LogP contribution in [0.4, 0.5) is 0 Å². The average molecular weight is 104 g/mol. The molecule has 0 fully saturated rings. The summed E-state index contributed by atoms with van der Waals surface area (Å²) in [5.41, 5.74) is 0. The van der Waals surface area contributed by atoms with Gasteiger partial charge in [0.05, 0.1) is 21.1 Å². The molecule has 38 valence electrons. The lowest BCUT2D eigenvalue weighted by Crippen LogP contribution is -2.36. The van der Waals surface area contributed by atoms with Crippen LogP contribution in [-0.2, 0) is 0 Å². The Morgan fingerprint density at radius 1 is 1.17 bits per heavy atom. The highest BCUT2D eigenvalue weighted by Crippen LogP contribution is 1.80. The molecule has 0 N–H and O–H groups in total. The van der Waals surface area contributed by atoms with Gasteiger partial charge in [0.25, 0.3) is 9.68 Å². The van der Waals surface area contributed by atoms with Gasteiger partial charge < -0.3 is 4.15 Å². The van der Waals surface area contributed by atoms with E-state index in [1.54, 1.807) is 0 Å². The van der Waals surface area contributed by atoms with Gasteiger partial charge in [-0.1, -0.05) is 0 Å². The molecule has 0 bridgehead atoms. The maximum absolute atomic E-state index is 2.32. The molecule has 0 aromatic heterocycles. The zero-order valence-electron chi connectivity index (χ0n) is 5.15. The summed E-state index contributed by atoms with van der Waals surface area (Å²) in [5, 5.41) is 0. The lowest BCUT2D eigenvalue weighted by Gasteiger charge is -2.21. The van der Waals surface area contributed by atoms with Crippen molar-refractivity contribution in [1.29, 1.82) is 0 Å². The summed E-state index contributed by atoms with van der Waals surface area (Å²) in [4.78, 5) is 0. The van der Waals surface area contributed by atoms with Crippen LogP contribution < -0.4 is 0 Å². The van der Waals surface area contributed by atoms with Crippen LogP contribution in [0.25, 0.3) is 0 Å². The van der Waals surface area contributed by atoms with Gasteiger partial charge in [0.15, 0.2) is 0 Å². The summed E-state index contributed by atoms with van der Waals surface area (Å²) in [5.74, 6) is 0. The van der Waals surface area contributed by atoms with Crippen molar-refractivity contribution in [3.05, 3.63) is 0 Å². The Balaban J connectivity index is 3.17. The lowest BCUT2D eigenvalue weighted by atomic mass is 11.0. The van der Waals surface area contributed by atoms with E-state index in [1.807, 2.05) is 0 Å². The summed E-state index contributed by atoms with van der Waals surface area (Å²) in [6.45, 7) is 2.32. The van der Waals surface area contributed by atoms with Gasteiger partial charge in [-0.05, 0) is 6.55 Å². The van der Waals surface area contributed by atoms with Crippen LogP contribution in [0.15, 0.2) is 0 Å². The Hall–Kier alpha value is 0.177. The van der Waals surface area contributed by atoms with Crippen LogP contribution in [0.2, 0.25) is 6.55 Å². The highest BCUT2D eigenvalue weighted by atomic mass is 28.2. The minimum atomic E-state index is 0.190. The van der Waals surface area contributed by atoms with Crippen molar-refractivity contribution in [2.45, 2.75) is 6.55 Å². The third-order valence-corrected chi connectivity index (χ3v) is 2.85. The Labute approximate surface area is 42.5 Å². The highest BCUT2D eigenvalue weighted by molar-refractivity contribution is 6.23. The lowest BCUT2D eigenvalue weighted by molar-refractivity contribution is -0.755.